The third-order valence-corrected chi connectivity index (χ3v) is 4.17. The molecule has 0 spiro atoms. The van der Waals surface area contributed by atoms with E-state index in [0.717, 1.165) is 24.1 Å². The van der Waals surface area contributed by atoms with Crippen LogP contribution in [0, 0.1) is 5.92 Å². The lowest BCUT2D eigenvalue weighted by molar-refractivity contribution is -0.117. The van der Waals surface area contributed by atoms with E-state index in [1.54, 1.807) is 50.6 Å². The van der Waals surface area contributed by atoms with Crippen LogP contribution in [-0.4, -0.2) is 26.0 Å². The summed E-state index contributed by atoms with van der Waals surface area (Å²) in [6.07, 6.45) is 5.05. The number of hydrogen-bond acceptors (Lipinski definition) is 4. The summed E-state index contributed by atoms with van der Waals surface area (Å²) in [6, 6.07) is 12.4. The maximum absolute atomic E-state index is 12.1. The molecule has 1 fully saturated rings. The molecule has 2 aromatic carbocycles. The third-order valence-electron chi connectivity index (χ3n) is 4.17. The van der Waals surface area contributed by atoms with E-state index in [2.05, 4.69) is 10.6 Å². The molecular weight excluding hydrogens is 344 g/mol. The Kier molecular flexibility index (Phi) is 5.76. The summed E-state index contributed by atoms with van der Waals surface area (Å²) >= 11 is 0. The SMILES string of the molecule is COc1cc(/C=C/C(=O)Nc2ccc(NC(=O)C3CC3)cc2)cc(OC)c1. The van der Waals surface area contributed by atoms with Gasteiger partial charge in [0.25, 0.3) is 0 Å². The summed E-state index contributed by atoms with van der Waals surface area (Å²) in [5.74, 6) is 1.26. The normalized spacial score (nSPS) is 13.3. The molecule has 0 heterocycles. The maximum Gasteiger partial charge on any atom is 0.248 e. The highest BCUT2D eigenvalue weighted by Crippen LogP contribution is 2.30. The molecule has 0 bridgehead atoms. The molecule has 6 nitrogen and oxygen atoms in total. The van der Waals surface area contributed by atoms with Gasteiger partial charge in [-0.1, -0.05) is 0 Å². The topological polar surface area (TPSA) is 76.7 Å². The van der Waals surface area contributed by atoms with Crippen LogP contribution in [0.1, 0.15) is 18.4 Å². The van der Waals surface area contributed by atoms with E-state index in [-0.39, 0.29) is 17.7 Å². The summed E-state index contributed by atoms with van der Waals surface area (Å²) in [4.78, 5) is 23.9. The molecule has 0 atom stereocenters. The fourth-order valence-corrected chi connectivity index (χ4v) is 2.51. The van der Waals surface area contributed by atoms with Crippen molar-refractivity contribution in [1.29, 1.82) is 0 Å². The Labute approximate surface area is 158 Å². The molecule has 2 aromatic rings. The minimum Gasteiger partial charge on any atom is -0.497 e. The predicted molar refractivity (Wildman–Crippen MR) is 105 cm³/mol. The molecule has 0 saturated heterocycles. The monoisotopic (exact) mass is 366 g/mol. The van der Waals surface area contributed by atoms with Crippen molar-refractivity contribution in [2.45, 2.75) is 12.8 Å². The molecule has 27 heavy (non-hydrogen) atoms. The first-order valence-electron chi connectivity index (χ1n) is 8.70. The molecule has 1 aliphatic carbocycles. The van der Waals surface area contributed by atoms with Crippen LogP contribution in [-0.2, 0) is 9.59 Å². The lowest BCUT2D eigenvalue weighted by Gasteiger charge is -2.07. The van der Waals surface area contributed by atoms with Gasteiger partial charge in [-0.3, -0.25) is 9.59 Å². The summed E-state index contributed by atoms with van der Waals surface area (Å²) in [6.45, 7) is 0. The van der Waals surface area contributed by atoms with Crippen LogP contribution < -0.4 is 20.1 Å². The molecular formula is C21H22N2O4. The van der Waals surface area contributed by atoms with Gasteiger partial charge in [-0.15, -0.1) is 0 Å². The number of rotatable bonds is 7. The van der Waals surface area contributed by atoms with Gasteiger partial charge in [0.1, 0.15) is 11.5 Å². The van der Waals surface area contributed by atoms with E-state index in [9.17, 15) is 9.59 Å². The number of amides is 2. The number of carbonyl (C=O) groups excluding carboxylic acids is 2. The Morgan fingerprint density at radius 3 is 2.00 bits per heavy atom. The maximum atomic E-state index is 12.1. The third kappa shape index (κ3) is 5.34. The largest absolute Gasteiger partial charge is 0.497 e. The van der Waals surface area contributed by atoms with E-state index in [0.29, 0.717) is 17.2 Å². The first-order chi connectivity index (χ1) is 13.1. The quantitative estimate of drug-likeness (QED) is 0.733. The average molecular weight is 366 g/mol. The summed E-state index contributed by atoms with van der Waals surface area (Å²) in [5, 5.41) is 5.65. The zero-order valence-electron chi connectivity index (χ0n) is 15.3. The first kappa shape index (κ1) is 18.5. The number of methoxy groups -OCH3 is 2. The molecule has 0 unspecified atom stereocenters. The molecule has 140 valence electrons. The van der Waals surface area contributed by atoms with Crippen LogP contribution in [0.3, 0.4) is 0 Å². The molecule has 0 aromatic heterocycles. The Balaban J connectivity index is 1.58. The van der Waals surface area contributed by atoms with Gasteiger partial charge < -0.3 is 20.1 Å². The van der Waals surface area contributed by atoms with Crippen molar-refractivity contribution in [2.24, 2.45) is 5.92 Å². The number of hydrogen-bond donors (Lipinski definition) is 2. The molecule has 2 amide bonds. The van der Waals surface area contributed by atoms with Gasteiger partial charge in [-0.25, -0.2) is 0 Å². The minimum atomic E-state index is -0.258. The van der Waals surface area contributed by atoms with Gasteiger partial charge in [0.15, 0.2) is 0 Å². The van der Waals surface area contributed by atoms with E-state index in [1.165, 1.54) is 6.08 Å². The summed E-state index contributed by atoms with van der Waals surface area (Å²) < 4.78 is 10.4. The van der Waals surface area contributed by atoms with E-state index >= 15 is 0 Å². The second-order valence-corrected chi connectivity index (χ2v) is 6.31. The van der Waals surface area contributed by atoms with Crippen LogP contribution >= 0.6 is 0 Å². The van der Waals surface area contributed by atoms with Crippen LogP contribution in [0.25, 0.3) is 6.08 Å². The van der Waals surface area contributed by atoms with Crippen molar-refractivity contribution < 1.29 is 19.1 Å². The molecule has 3 rings (SSSR count). The molecule has 6 heteroatoms. The molecule has 2 N–H and O–H groups in total. The minimum absolute atomic E-state index is 0.0587. The van der Waals surface area contributed by atoms with Gasteiger partial charge in [0.2, 0.25) is 11.8 Å². The predicted octanol–water partition coefficient (Wildman–Crippen LogP) is 3.70. The highest BCUT2D eigenvalue weighted by atomic mass is 16.5. The highest BCUT2D eigenvalue weighted by molar-refractivity contribution is 6.02. The lowest BCUT2D eigenvalue weighted by atomic mass is 10.2. The smallest absolute Gasteiger partial charge is 0.248 e. The van der Waals surface area contributed by atoms with Crippen LogP contribution in [0.5, 0.6) is 11.5 Å². The van der Waals surface area contributed by atoms with Crippen LogP contribution in [0.4, 0.5) is 11.4 Å². The Bertz CT molecular complexity index is 833. The fraction of sp³-hybridized carbons (Fsp3) is 0.238. The number of benzene rings is 2. The van der Waals surface area contributed by atoms with Crippen molar-refractivity contribution in [2.75, 3.05) is 24.9 Å². The summed E-state index contributed by atoms with van der Waals surface area (Å²) in [5.41, 5.74) is 2.17. The Morgan fingerprint density at radius 2 is 1.48 bits per heavy atom. The van der Waals surface area contributed by atoms with Crippen LogP contribution in [0.2, 0.25) is 0 Å². The standard InChI is InChI=1S/C21H22N2O4/c1-26-18-11-14(12-19(13-18)27-2)3-10-20(24)22-16-6-8-17(9-7-16)23-21(25)15-4-5-15/h3,6-13,15H,4-5H2,1-2H3,(H,22,24)(H,23,25)/b10-3+. The fourth-order valence-electron chi connectivity index (χ4n) is 2.51. The van der Waals surface area contributed by atoms with Crippen molar-refractivity contribution in [1.82, 2.24) is 0 Å². The number of anilines is 2. The van der Waals surface area contributed by atoms with E-state index in [1.807, 2.05) is 12.1 Å². The molecule has 1 saturated carbocycles. The van der Waals surface area contributed by atoms with Crippen LogP contribution in [0.15, 0.2) is 48.5 Å². The number of nitrogens with one attached hydrogen (secondary N) is 2. The highest BCUT2D eigenvalue weighted by Gasteiger charge is 2.29. The first-order valence-corrected chi connectivity index (χ1v) is 8.70. The van der Waals surface area contributed by atoms with Gasteiger partial charge in [-0.2, -0.15) is 0 Å². The zero-order valence-corrected chi connectivity index (χ0v) is 15.3. The van der Waals surface area contributed by atoms with E-state index < -0.39 is 0 Å². The number of ether oxygens (including phenoxy) is 2. The zero-order chi connectivity index (χ0) is 19.2. The lowest BCUT2D eigenvalue weighted by Crippen LogP contribution is -2.13. The Morgan fingerprint density at radius 1 is 0.926 bits per heavy atom. The molecule has 0 radical (unpaired) electrons. The number of carbonyl (C=O) groups is 2. The van der Waals surface area contributed by atoms with Gasteiger partial charge in [0.05, 0.1) is 14.2 Å². The van der Waals surface area contributed by atoms with Crippen molar-refractivity contribution >= 4 is 29.3 Å². The van der Waals surface area contributed by atoms with Crippen molar-refractivity contribution in [3.63, 3.8) is 0 Å². The summed E-state index contributed by atoms with van der Waals surface area (Å²) in [7, 11) is 3.15. The van der Waals surface area contributed by atoms with E-state index in [4.69, 9.17) is 9.47 Å². The van der Waals surface area contributed by atoms with Crippen molar-refractivity contribution in [3.05, 3.63) is 54.1 Å². The van der Waals surface area contributed by atoms with Crippen molar-refractivity contribution in [3.8, 4) is 11.5 Å². The van der Waals surface area contributed by atoms with Gasteiger partial charge in [0, 0.05) is 29.4 Å². The van der Waals surface area contributed by atoms with Gasteiger partial charge in [-0.05, 0) is 60.9 Å². The second-order valence-electron chi connectivity index (χ2n) is 6.31. The second kappa shape index (κ2) is 8.40. The average Bonchev–Trinajstić information content (AvgIpc) is 3.53. The Hall–Kier alpha value is -3.28. The molecule has 0 aliphatic heterocycles. The van der Waals surface area contributed by atoms with Gasteiger partial charge >= 0.3 is 0 Å². The molecule has 1 aliphatic rings.